The molecule has 0 saturated heterocycles. The van der Waals surface area contributed by atoms with Gasteiger partial charge < -0.3 is 19.5 Å². The van der Waals surface area contributed by atoms with Crippen molar-refractivity contribution in [2.45, 2.75) is 11.3 Å². The van der Waals surface area contributed by atoms with Crippen LogP contribution in [0, 0.1) is 6.92 Å². The van der Waals surface area contributed by atoms with Crippen LogP contribution in [0.15, 0.2) is 46.8 Å². The van der Waals surface area contributed by atoms with Gasteiger partial charge in [-0.3, -0.25) is 9.59 Å². The highest BCUT2D eigenvalue weighted by Gasteiger charge is 2.16. The number of thioether (sulfide) groups is 1. The molecule has 1 heterocycles. The highest BCUT2D eigenvalue weighted by molar-refractivity contribution is 8.01. The number of carbonyl (C=O) groups excluding carboxylic acids is 3. The maximum Gasteiger partial charge on any atom is 0.338 e. The van der Waals surface area contributed by atoms with E-state index in [0.29, 0.717) is 27.1 Å². The van der Waals surface area contributed by atoms with Gasteiger partial charge in [0.1, 0.15) is 16.5 Å². The average Bonchev–Trinajstić information content (AvgIpc) is 3.26. The molecule has 9 nitrogen and oxygen atoms in total. The SMILES string of the molecule is COc1ccc(C(=O)COC(=O)c2ccc(OC)c(NC(=O)CSc3nnc(C)s3)c2)cc1. The number of amides is 1. The fourth-order valence-corrected chi connectivity index (χ4v) is 4.27. The molecule has 0 fully saturated rings. The van der Waals surface area contributed by atoms with E-state index in [2.05, 4.69) is 15.5 Å². The largest absolute Gasteiger partial charge is 0.497 e. The number of nitrogens with one attached hydrogen (secondary N) is 1. The van der Waals surface area contributed by atoms with Gasteiger partial charge in [0.25, 0.3) is 0 Å². The number of methoxy groups -OCH3 is 2. The Morgan fingerprint density at radius 1 is 1.00 bits per heavy atom. The Morgan fingerprint density at radius 2 is 1.73 bits per heavy atom. The topological polar surface area (TPSA) is 117 Å². The van der Waals surface area contributed by atoms with E-state index in [0.717, 1.165) is 5.01 Å². The van der Waals surface area contributed by atoms with Gasteiger partial charge in [0.2, 0.25) is 5.91 Å². The van der Waals surface area contributed by atoms with Crippen molar-refractivity contribution in [3.63, 3.8) is 0 Å². The molecule has 0 aliphatic carbocycles. The minimum Gasteiger partial charge on any atom is -0.497 e. The molecular formula is C22H21N3O6S2. The number of ketones is 1. The van der Waals surface area contributed by atoms with Gasteiger partial charge >= 0.3 is 5.97 Å². The molecule has 33 heavy (non-hydrogen) atoms. The fraction of sp³-hybridized carbons (Fsp3) is 0.227. The Hall–Kier alpha value is -3.44. The van der Waals surface area contributed by atoms with Gasteiger partial charge in [0, 0.05) is 5.56 Å². The second-order valence-corrected chi connectivity index (χ2v) is 8.97. The first kappa shape index (κ1) is 24.2. The lowest BCUT2D eigenvalue weighted by atomic mass is 10.1. The van der Waals surface area contributed by atoms with Crippen LogP contribution in [0.4, 0.5) is 5.69 Å². The van der Waals surface area contributed by atoms with Crippen LogP contribution < -0.4 is 14.8 Å². The molecule has 0 aliphatic heterocycles. The number of aryl methyl sites for hydroxylation is 1. The third kappa shape index (κ3) is 6.77. The Bertz CT molecular complexity index is 1150. The molecule has 1 aromatic heterocycles. The molecule has 0 saturated carbocycles. The van der Waals surface area contributed by atoms with Crippen molar-refractivity contribution >= 4 is 46.4 Å². The van der Waals surface area contributed by atoms with Gasteiger partial charge in [-0.25, -0.2) is 4.79 Å². The summed E-state index contributed by atoms with van der Waals surface area (Å²) < 4.78 is 16.2. The predicted octanol–water partition coefficient (Wildman–Crippen LogP) is 3.63. The fourth-order valence-electron chi connectivity index (χ4n) is 2.66. The van der Waals surface area contributed by atoms with Crippen LogP contribution in [-0.2, 0) is 9.53 Å². The summed E-state index contributed by atoms with van der Waals surface area (Å²) in [5, 5.41) is 11.4. The normalized spacial score (nSPS) is 10.4. The lowest BCUT2D eigenvalue weighted by Gasteiger charge is -2.12. The molecule has 3 aromatic rings. The number of aromatic nitrogens is 2. The minimum absolute atomic E-state index is 0.114. The molecule has 3 rings (SSSR count). The third-order valence-electron chi connectivity index (χ3n) is 4.29. The maximum absolute atomic E-state index is 12.5. The molecule has 0 radical (unpaired) electrons. The van der Waals surface area contributed by atoms with Crippen molar-refractivity contribution in [1.29, 1.82) is 0 Å². The van der Waals surface area contributed by atoms with Gasteiger partial charge in [-0.15, -0.1) is 10.2 Å². The second-order valence-electron chi connectivity index (χ2n) is 6.57. The van der Waals surface area contributed by atoms with Gasteiger partial charge in [0.15, 0.2) is 16.7 Å². The van der Waals surface area contributed by atoms with Crippen molar-refractivity contribution in [3.8, 4) is 11.5 Å². The molecule has 0 atom stereocenters. The summed E-state index contributed by atoms with van der Waals surface area (Å²) in [5.74, 6) is -0.237. The van der Waals surface area contributed by atoms with Crippen molar-refractivity contribution in [3.05, 3.63) is 58.6 Å². The van der Waals surface area contributed by atoms with Crippen LogP contribution in [0.3, 0.4) is 0 Å². The lowest BCUT2D eigenvalue weighted by Crippen LogP contribution is -2.17. The van der Waals surface area contributed by atoms with E-state index in [1.807, 2.05) is 6.92 Å². The molecule has 2 aromatic carbocycles. The molecule has 0 bridgehead atoms. The van der Waals surface area contributed by atoms with Gasteiger partial charge in [0.05, 0.1) is 31.2 Å². The maximum atomic E-state index is 12.5. The molecule has 1 amide bonds. The van der Waals surface area contributed by atoms with Crippen molar-refractivity contribution in [2.75, 3.05) is 31.9 Å². The summed E-state index contributed by atoms with van der Waals surface area (Å²) in [4.78, 5) is 37.1. The number of rotatable bonds is 10. The minimum atomic E-state index is -0.700. The Balaban J connectivity index is 1.60. The molecule has 0 spiro atoms. The number of ether oxygens (including phenoxy) is 3. The highest BCUT2D eigenvalue weighted by atomic mass is 32.2. The number of Topliss-reactive ketones (excluding diaryl/α,β-unsaturated/α-hetero) is 1. The third-order valence-corrected chi connectivity index (χ3v) is 6.26. The number of hydrogen-bond donors (Lipinski definition) is 1. The van der Waals surface area contributed by atoms with Crippen LogP contribution in [0.5, 0.6) is 11.5 Å². The van der Waals surface area contributed by atoms with Gasteiger partial charge in [-0.1, -0.05) is 23.1 Å². The summed E-state index contributed by atoms with van der Waals surface area (Å²) in [6, 6.07) is 11.0. The zero-order valence-corrected chi connectivity index (χ0v) is 19.7. The van der Waals surface area contributed by atoms with Crippen molar-refractivity contribution < 1.29 is 28.6 Å². The zero-order chi connectivity index (χ0) is 23.8. The Kier molecular flexibility index (Phi) is 8.39. The molecule has 11 heteroatoms. The van der Waals surface area contributed by atoms with Crippen LogP contribution in [-0.4, -0.2) is 54.4 Å². The first-order valence-corrected chi connectivity index (χ1v) is 11.4. The molecule has 1 N–H and O–H groups in total. The van der Waals surface area contributed by atoms with E-state index < -0.39 is 12.6 Å². The van der Waals surface area contributed by atoms with Crippen molar-refractivity contribution in [1.82, 2.24) is 10.2 Å². The Morgan fingerprint density at radius 3 is 2.36 bits per heavy atom. The smallest absolute Gasteiger partial charge is 0.338 e. The van der Waals surface area contributed by atoms with Gasteiger partial charge in [-0.05, 0) is 49.4 Å². The summed E-state index contributed by atoms with van der Waals surface area (Å²) in [5.41, 5.74) is 0.878. The number of anilines is 1. The first-order chi connectivity index (χ1) is 15.9. The number of nitrogens with zero attached hydrogens (tertiary/aromatic N) is 2. The van der Waals surface area contributed by atoms with Crippen LogP contribution >= 0.6 is 23.1 Å². The first-order valence-electron chi connectivity index (χ1n) is 9.64. The highest BCUT2D eigenvalue weighted by Crippen LogP contribution is 2.27. The van der Waals surface area contributed by atoms with Crippen LogP contribution in [0.25, 0.3) is 0 Å². The zero-order valence-electron chi connectivity index (χ0n) is 18.1. The van der Waals surface area contributed by atoms with E-state index in [-0.39, 0.29) is 23.0 Å². The van der Waals surface area contributed by atoms with E-state index in [4.69, 9.17) is 14.2 Å². The quantitative estimate of drug-likeness (QED) is 0.260. The average molecular weight is 488 g/mol. The summed E-state index contributed by atoms with van der Waals surface area (Å²) in [6.07, 6.45) is 0. The van der Waals surface area contributed by atoms with E-state index in [1.165, 1.54) is 49.5 Å². The Labute approximate surface area is 198 Å². The lowest BCUT2D eigenvalue weighted by molar-refractivity contribution is -0.113. The standard InChI is InChI=1S/C22H21N3O6S2/c1-13-24-25-22(33-13)32-12-20(27)23-17-10-15(6-9-19(17)30-3)21(28)31-11-18(26)14-4-7-16(29-2)8-5-14/h4-10H,11-12H2,1-3H3,(H,23,27). The van der Waals surface area contributed by atoms with E-state index in [9.17, 15) is 14.4 Å². The number of carbonyl (C=O) groups is 3. The summed E-state index contributed by atoms with van der Waals surface area (Å²) >= 11 is 2.66. The van der Waals surface area contributed by atoms with Crippen LogP contribution in [0.2, 0.25) is 0 Å². The second kappa shape index (κ2) is 11.4. The molecule has 172 valence electrons. The predicted molar refractivity (Wildman–Crippen MR) is 125 cm³/mol. The van der Waals surface area contributed by atoms with Crippen molar-refractivity contribution in [2.24, 2.45) is 0 Å². The van der Waals surface area contributed by atoms with Crippen LogP contribution in [0.1, 0.15) is 25.7 Å². The molecule has 0 aliphatic rings. The number of esters is 1. The van der Waals surface area contributed by atoms with E-state index >= 15 is 0 Å². The monoisotopic (exact) mass is 487 g/mol. The number of hydrogen-bond acceptors (Lipinski definition) is 10. The van der Waals surface area contributed by atoms with Gasteiger partial charge in [-0.2, -0.15) is 0 Å². The number of benzene rings is 2. The molecular weight excluding hydrogens is 466 g/mol. The summed E-state index contributed by atoms with van der Waals surface area (Å²) in [6.45, 7) is 1.42. The molecule has 0 unspecified atom stereocenters. The summed E-state index contributed by atoms with van der Waals surface area (Å²) in [7, 11) is 2.98. The van der Waals surface area contributed by atoms with E-state index in [1.54, 1.807) is 30.3 Å².